The Kier molecular flexibility index (Phi) is 4.97. The SMILES string of the molecule is C=CC(=O)NC1CC(C)(C)N(S(=O)(=O)c2ccc(-n3cccn3)cc2)C1(C)C. The molecule has 1 fully saturated rings. The van der Waals surface area contributed by atoms with Crippen LogP contribution in [0.4, 0.5) is 0 Å². The average molecular weight is 403 g/mol. The van der Waals surface area contributed by atoms with Crippen LogP contribution >= 0.6 is 0 Å². The smallest absolute Gasteiger partial charge is 0.244 e. The lowest BCUT2D eigenvalue weighted by molar-refractivity contribution is -0.117. The van der Waals surface area contributed by atoms with Crippen molar-refractivity contribution in [2.45, 2.75) is 56.1 Å². The van der Waals surface area contributed by atoms with Gasteiger partial charge >= 0.3 is 0 Å². The summed E-state index contributed by atoms with van der Waals surface area (Å²) >= 11 is 0. The van der Waals surface area contributed by atoms with Crippen molar-refractivity contribution >= 4 is 15.9 Å². The molecule has 7 nitrogen and oxygen atoms in total. The van der Waals surface area contributed by atoms with Gasteiger partial charge in [-0.05, 0) is 70.5 Å². The van der Waals surface area contributed by atoms with Crippen molar-refractivity contribution in [1.29, 1.82) is 0 Å². The number of nitrogens with zero attached hydrogens (tertiary/aromatic N) is 3. The second-order valence-electron chi connectivity index (χ2n) is 8.15. The molecule has 1 unspecified atom stereocenters. The van der Waals surface area contributed by atoms with Gasteiger partial charge in [0.2, 0.25) is 15.9 Å². The van der Waals surface area contributed by atoms with Gasteiger partial charge in [0.1, 0.15) is 0 Å². The molecule has 1 saturated heterocycles. The first-order chi connectivity index (χ1) is 13.0. The number of carbonyl (C=O) groups excluding carboxylic acids is 1. The van der Waals surface area contributed by atoms with Crippen LogP contribution in [0.15, 0.2) is 60.3 Å². The zero-order valence-electron chi connectivity index (χ0n) is 16.6. The molecule has 8 heteroatoms. The van der Waals surface area contributed by atoms with E-state index < -0.39 is 21.1 Å². The van der Waals surface area contributed by atoms with E-state index in [0.29, 0.717) is 6.42 Å². The zero-order valence-corrected chi connectivity index (χ0v) is 17.4. The fraction of sp³-hybridized carbons (Fsp3) is 0.400. The number of aromatic nitrogens is 2. The van der Waals surface area contributed by atoms with Crippen LogP contribution < -0.4 is 5.32 Å². The van der Waals surface area contributed by atoms with Crippen molar-refractivity contribution in [1.82, 2.24) is 19.4 Å². The fourth-order valence-electron chi connectivity index (χ4n) is 4.14. The lowest BCUT2D eigenvalue weighted by Gasteiger charge is -2.40. The minimum absolute atomic E-state index is 0.209. The Hall–Kier alpha value is -2.45. The van der Waals surface area contributed by atoms with Crippen LogP contribution in [0.2, 0.25) is 0 Å². The Morgan fingerprint density at radius 2 is 1.89 bits per heavy atom. The molecule has 1 amide bonds. The summed E-state index contributed by atoms with van der Waals surface area (Å²) in [5, 5.41) is 7.04. The normalized spacial score (nSPS) is 21.4. The van der Waals surface area contributed by atoms with Gasteiger partial charge in [-0.25, -0.2) is 13.1 Å². The van der Waals surface area contributed by atoms with E-state index in [2.05, 4.69) is 17.0 Å². The van der Waals surface area contributed by atoms with Crippen LogP contribution in [0.3, 0.4) is 0 Å². The van der Waals surface area contributed by atoms with Gasteiger partial charge in [0.15, 0.2) is 0 Å². The van der Waals surface area contributed by atoms with Gasteiger partial charge in [0, 0.05) is 24.0 Å². The second-order valence-corrected chi connectivity index (χ2v) is 9.94. The molecule has 0 radical (unpaired) electrons. The first-order valence-electron chi connectivity index (χ1n) is 9.09. The summed E-state index contributed by atoms with van der Waals surface area (Å²) in [4.78, 5) is 12.0. The highest BCUT2D eigenvalue weighted by molar-refractivity contribution is 7.89. The molecule has 1 N–H and O–H groups in total. The van der Waals surface area contributed by atoms with Crippen molar-refractivity contribution in [3.05, 3.63) is 55.4 Å². The molecule has 28 heavy (non-hydrogen) atoms. The number of sulfonamides is 1. The molecule has 1 atom stereocenters. The quantitative estimate of drug-likeness (QED) is 0.779. The van der Waals surface area contributed by atoms with E-state index in [1.165, 1.54) is 10.4 Å². The minimum atomic E-state index is -3.79. The van der Waals surface area contributed by atoms with Crippen LogP contribution in [0.5, 0.6) is 0 Å². The molecule has 2 heterocycles. The van der Waals surface area contributed by atoms with Gasteiger partial charge in [0.25, 0.3) is 0 Å². The predicted octanol–water partition coefficient (Wildman–Crippen LogP) is 2.49. The molecule has 0 aliphatic carbocycles. The summed E-state index contributed by atoms with van der Waals surface area (Å²) in [6.07, 6.45) is 5.17. The molecule has 0 spiro atoms. The second kappa shape index (κ2) is 6.86. The number of nitrogens with one attached hydrogen (secondary N) is 1. The summed E-state index contributed by atoms with van der Waals surface area (Å²) in [5.74, 6) is -0.309. The Bertz CT molecular complexity index is 977. The van der Waals surface area contributed by atoms with Gasteiger partial charge in [-0.15, -0.1) is 0 Å². The van der Waals surface area contributed by atoms with E-state index in [-0.39, 0.29) is 16.8 Å². The molecule has 3 rings (SSSR count). The maximum Gasteiger partial charge on any atom is 0.244 e. The molecule has 1 aromatic heterocycles. The van der Waals surface area contributed by atoms with Crippen LogP contribution in [0.1, 0.15) is 34.1 Å². The average Bonchev–Trinajstić information content (AvgIpc) is 3.20. The summed E-state index contributed by atoms with van der Waals surface area (Å²) in [6, 6.07) is 8.12. The Labute approximate surface area is 166 Å². The molecule has 2 aromatic rings. The van der Waals surface area contributed by atoms with Crippen molar-refractivity contribution < 1.29 is 13.2 Å². The highest BCUT2D eigenvalue weighted by Crippen LogP contribution is 2.44. The van der Waals surface area contributed by atoms with Crippen LogP contribution in [0.25, 0.3) is 5.69 Å². The highest BCUT2D eigenvalue weighted by Gasteiger charge is 2.57. The van der Waals surface area contributed by atoms with E-state index in [1.54, 1.807) is 47.4 Å². The Balaban J connectivity index is 1.97. The largest absolute Gasteiger partial charge is 0.348 e. The molecule has 1 aliphatic rings. The third-order valence-corrected chi connectivity index (χ3v) is 7.59. The van der Waals surface area contributed by atoms with Gasteiger partial charge in [0.05, 0.1) is 16.1 Å². The van der Waals surface area contributed by atoms with E-state index in [1.807, 2.05) is 27.7 Å². The fourth-order valence-corrected chi connectivity index (χ4v) is 6.31. The number of amides is 1. The van der Waals surface area contributed by atoms with Crippen molar-refractivity contribution in [3.8, 4) is 5.69 Å². The Morgan fingerprint density at radius 3 is 2.43 bits per heavy atom. The molecular weight excluding hydrogens is 376 g/mol. The number of benzene rings is 1. The van der Waals surface area contributed by atoms with Crippen molar-refractivity contribution in [3.63, 3.8) is 0 Å². The van der Waals surface area contributed by atoms with Crippen LogP contribution in [-0.4, -0.2) is 45.5 Å². The van der Waals surface area contributed by atoms with Crippen LogP contribution in [-0.2, 0) is 14.8 Å². The lowest BCUT2D eigenvalue weighted by atomic mass is 9.94. The molecule has 1 aliphatic heterocycles. The van der Waals surface area contributed by atoms with Gasteiger partial charge in [-0.3, -0.25) is 4.79 Å². The first kappa shape index (κ1) is 20.3. The standard InChI is InChI=1S/C20H26N4O3S/c1-6-18(25)22-17-14-19(2,3)24(20(17,4)5)28(26,27)16-10-8-15(9-11-16)23-13-7-12-21-23/h6-13,17H,1,14H2,2-5H3,(H,22,25). The first-order valence-corrected chi connectivity index (χ1v) is 10.5. The number of hydrogen-bond acceptors (Lipinski definition) is 4. The number of carbonyl (C=O) groups is 1. The Morgan fingerprint density at radius 1 is 1.25 bits per heavy atom. The molecule has 1 aromatic carbocycles. The minimum Gasteiger partial charge on any atom is -0.348 e. The van der Waals surface area contributed by atoms with E-state index in [0.717, 1.165) is 5.69 Å². The summed E-state index contributed by atoms with van der Waals surface area (Å²) in [5.41, 5.74) is -0.691. The molecule has 0 bridgehead atoms. The van der Waals surface area contributed by atoms with Crippen LogP contribution in [0, 0.1) is 0 Å². The van der Waals surface area contributed by atoms with Gasteiger partial charge < -0.3 is 5.32 Å². The summed E-state index contributed by atoms with van der Waals surface area (Å²) < 4.78 is 30.3. The maximum absolute atomic E-state index is 13.5. The highest BCUT2D eigenvalue weighted by atomic mass is 32.2. The van der Waals surface area contributed by atoms with Gasteiger partial charge in [-0.2, -0.15) is 9.40 Å². The topological polar surface area (TPSA) is 84.3 Å². The molecular formula is C20H26N4O3S. The van der Waals surface area contributed by atoms with Crippen molar-refractivity contribution in [2.75, 3.05) is 0 Å². The van der Waals surface area contributed by atoms with Gasteiger partial charge in [-0.1, -0.05) is 6.58 Å². The maximum atomic E-state index is 13.5. The third-order valence-electron chi connectivity index (χ3n) is 5.28. The molecule has 0 saturated carbocycles. The summed E-state index contributed by atoms with van der Waals surface area (Å²) in [7, 11) is -3.79. The number of hydrogen-bond donors (Lipinski definition) is 1. The van der Waals surface area contributed by atoms with Crippen molar-refractivity contribution in [2.24, 2.45) is 0 Å². The van der Waals surface area contributed by atoms with E-state index in [9.17, 15) is 13.2 Å². The number of rotatable bonds is 5. The third kappa shape index (κ3) is 3.38. The summed E-state index contributed by atoms with van der Waals surface area (Å²) in [6.45, 7) is 10.9. The van der Waals surface area contributed by atoms with E-state index in [4.69, 9.17) is 0 Å². The predicted molar refractivity (Wildman–Crippen MR) is 107 cm³/mol. The lowest BCUT2D eigenvalue weighted by Crippen LogP contribution is -2.56. The van der Waals surface area contributed by atoms with E-state index >= 15 is 0 Å². The zero-order chi connectivity index (χ0) is 20.7. The molecule has 150 valence electrons. The monoisotopic (exact) mass is 402 g/mol.